The summed E-state index contributed by atoms with van der Waals surface area (Å²) in [5.41, 5.74) is 24.2. The van der Waals surface area contributed by atoms with E-state index in [0.29, 0.717) is 0 Å². The van der Waals surface area contributed by atoms with Crippen molar-refractivity contribution in [3.05, 3.63) is 522 Å². The summed E-state index contributed by atoms with van der Waals surface area (Å²) >= 11 is 0. The normalized spacial score (nSPS) is 11.5. The van der Waals surface area contributed by atoms with Gasteiger partial charge in [0.25, 0.3) is 0 Å². The van der Waals surface area contributed by atoms with Gasteiger partial charge in [-0.1, -0.05) is 425 Å². The second-order valence-corrected chi connectivity index (χ2v) is 39.7. The van der Waals surface area contributed by atoms with Crippen molar-refractivity contribution in [1.82, 2.24) is 0 Å². The van der Waals surface area contributed by atoms with Gasteiger partial charge in [-0.3, -0.25) is 0 Å². The molecule has 2 heterocycles. The molecule has 2 aromatic heterocycles. The first-order valence-electron chi connectivity index (χ1n) is 43.2. The largest absolute Gasteiger partial charge is 0.456 e. The van der Waals surface area contributed by atoms with Gasteiger partial charge in [0, 0.05) is 61.2 Å². The smallest absolute Gasteiger partial charge is 0.179 e. The van der Waals surface area contributed by atoms with E-state index in [9.17, 15) is 0 Å². The highest BCUT2D eigenvalue weighted by molar-refractivity contribution is 7.20. The molecule has 0 bridgehead atoms. The third kappa shape index (κ3) is 14.8. The fourth-order valence-electron chi connectivity index (χ4n) is 18.8. The van der Waals surface area contributed by atoms with E-state index in [0.717, 1.165) is 117 Å². The number of benzene rings is 20. The van der Waals surface area contributed by atoms with Crippen molar-refractivity contribution in [2.24, 2.45) is 0 Å². The van der Waals surface area contributed by atoms with Crippen molar-refractivity contribution < 1.29 is 8.83 Å². The standard InChI is InChI=1S/2C60H43NOSi/c1-5-16-44(17-6-1)46-32-36-49(37-33-46)61(51-40-42-55(43-41-51)63(52-18-7-2-8-19-52,53-20-9-3-10-21-53)54-22-11-4-12-23-54)50-38-34-47(35-39-50)45-28-30-48(31-29-45)56-25-15-26-58-57-24-13-14-27-59(57)62-60(56)58;1-5-15-44(16-6-1)46-29-34-50(35-30-46)61(52-38-40-56(41-39-52)63(53-17-7-2-8-18-53,54-19-9-3-10-20-54)55-21-11-4-12-22-55)51-36-31-47(32-37-51)45-25-27-48(28-26-45)49-33-42-58-57-23-13-14-24-59(57)62-60(58)43-49/h2*1-43H. The first-order chi connectivity index (χ1) is 62.5. The summed E-state index contributed by atoms with van der Waals surface area (Å²) in [4.78, 5) is 4.74. The zero-order valence-electron chi connectivity index (χ0n) is 69.4. The SMILES string of the molecule is c1ccc(-c2ccc(N(c3ccc(-c4ccc(-c5ccc6c(c5)oc5ccccc56)cc4)cc3)c3ccc([Si](c4ccccc4)(c4ccccc4)c4ccccc4)cc3)cc2)cc1.c1ccc(-c2ccc(N(c3ccc(-c4ccc(-c5cccc6c5oc5ccccc56)cc4)cc3)c3ccc([Si](c4ccccc4)(c4ccccc4)c4ccccc4)cc3)cc2)cc1. The van der Waals surface area contributed by atoms with Gasteiger partial charge in [-0.05, 0) is 200 Å². The lowest BCUT2D eigenvalue weighted by molar-refractivity contribution is 0.669. The number of furan rings is 2. The molecule has 0 aliphatic carbocycles. The van der Waals surface area contributed by atoms with Gasteiger partial charge in [-0.15, -0.1) is 0 Å². The minimum Gasteiger partial charge on any atom is -0.456 e. The van der Waals surface area contributed by atoms with E-state index in [4.69, 9.17) is 8.83 Å². The van der Waals surface area contributed by atoms with Crippen LogP contribution in [-0.2, 0) is 0 Å². The molecule has 126 heavy (non-hydrogen) atoms. The Kier molecular flexibility index (Phi) is 21.2. The third-order valence-electron chi connectivity index (χ3n) is 24.9. The van der Waals surface area contributed by atoms with Gasteiger partial charge in [-0.25, -0.2) is 0 Å². The lowest BCUT2D eigenvalue weighted by atomic mass is 9.98. The molecule has 0 spiro atoms. The number of anilines is 6. The second-order valence-electron chi connectivity index (χ2n) is 32.1. The van der Waals surface area contributed by atoms with Gasteiger partial charge >= 0.3 is 0 Å². The van der Waals surface area contributed by atoms with E-state index in [1.807, 2.05) is 24.3 Å². The van der Waals surface area contributed by atoms with E-state index in [1.54, 1.807) is 0 Å². The Hall–Kier alpha value is -16.0. The molecule has 0 fully saturated rings. The number of fused-ring (bicyclic) bond motifs is 6. The number of para-hydroxylation sites is 3. The first-order valence-corrected chi connectivity index (χ1v) is 47.2. The summed E-state index contributed by atoms with van der Waals surface area (Å²) in [6.45, 7) is 0. The highest BCUT2D eigenvalue weighted by Gasteiger charge is 2.43. The van der Waals surface area contributed by atoms with E-state index in [2.05, 4.69) is 507 Å². The summed E-state index contributed by atoms with van der Waals surface area (Å²) in [6.07, 6.45) is 0. The lowest BCUT2D eigenvalue weighted by Gasteiger charge is -2.35. The molecule has 22 aromatic rings. The van der Waals surface area contributed by atoms with E-state index in [-0.39, 0.29) is 0 Å². The molecule has 0 aliphatic heterocycles. The summed E-state index contributed by atoms with van der Waals surface area (Å²) in [6, 6.07) is 189. The molecule has 0 aliphatic rings. The maximum absolute atomic E-state index is 6.37. The van der Waals surface area contributed by atoms with Crippen molar-refractivity contribution in [2.75, 3.05) is 9.80 Å². The fourth-order valence-corrected chi connectivity index (χ4v) is 28.3. The Bertz CT molecular complexity index is 7260. The van der Waals surface area contributed by atoms with Gasteiger partial charge in [-0.2, -0.15) is 0 Å². The Morgan fingerprint density at radius 1 is 0.143 bits per heavy atom. The second kappa shape index (κ2) is 34.5. The van der Waals surface area contributed by atoms with Gasteiger partial charge in [0.15, 0.2) is 16.1 Å². The molecule has 0 N–H and O–H groups in total. The maximum Gasteiger partial charge on any atom is 0.179 e. The predicted molar refractivity (Wildman–Crippen MR) is 537 cm³/mol. The van der Waals surface area contributed by atoms with Crippen LogP contribution >= 0.6 is 0 Å². The molecule has 0 saturated carbocycles. The van der Waals surface area contributed by atoms with Crippen LogP contribution in [0.2, 0.25) is 0 Å². The van der Waals surface area contributed by atoms with Crippen molar-refractivity contribution in [2.45, 2.75) is 0 Å². The van der Waals surface area contributed by atoms with Crippen molar-refractivity contribution in [3.8, 4) is 66.8 Å². The first kappa shape index (κ1) is 77.4. The molecule has 596 valence electrons. The molecule has 4 nitrogen and oxygen atoms in total. The molecule has 6 heteroatoms. The number of nitrogens with zero attached hydrogens (tertiary/aromatic N) is 2. The molecule has 22 rings (SSSR count). The Labute approximate surface area is 737 Å². The average Bonchev–Trinajstić information content (AvgIpc) is 1.17. The van der Waals surface area contributed by atoms with Crippen LogP contribution in [0.15, 0.2) is 531 Å². The molecule has 0 radical (unpaired) electrons. The van der Waals surface area contributed by atoms with Crippen LogP contribution in [0.1, 0.15) is 0 Å². The molecular formula is C120H86N2O2Si2. The fraction of sp³-hybridized carbons (Fsp3) is 0. The van der Waals surface area contributed by atoms with E-state index in [1.165, 1.54) is 69.3 Å². The number of hydrogen-bond acceptors (Lipinski definition) is 4. The summed E-state index contributed by atoms with van der Waals surface area (Å²) in [5.74, 6) is 0. The monoisotopic (exact) mass is 1640 g/mol. The van der Waals surface area contributed by atoms with Crippen LogP contribution < -0.4 is 51.3 Å². The molecule has 20 aromatic carbocycles. The zero-order valence-corrected chi connectivity index (χ0v) is 71.4. The van der Waals surface area contributed by atoms with Crippen LogP contribution in [0.4, 0.5) is 34.1 Å². The molecule has 0 atom stereocenters. The summed E-state index contributed by atoms with van der Waals surface area (Å²) in [5, 5.41) is 15.4. The van der Waals surface area contributed by atoms with Crippen molar-refractivity contribution >= 4 is 136 Å². The maximum atomic E-state index is 6.37. The van der Waals surface area contributed by atoms with Crippen molar-refractivity contribution in [1.29, 1.82) is 0 Å². The van der Waals surface area contributed by atoms with Crippen LogP contribution in [-0.4, -0.2) is 16.1 Å². The summed E-state index contributed by atoms with van der Waals surface area (Å²) < 4.78 is 12.6. The third-order valence-corrected chi connectivity index (χ3v) is 34.5. The highest BCUT2D eigenvalue weighted by atomic mass is 28.3. The molecular weight excluding hydrogens is 1560 g/mol. The predicted octanol–water partition coefficient (Wildman–Crippen LogP) is 26.9. The van der Waals surface area contributed by atoms with E-state index >= 15 is 0 Å². The number of rotatable bonds is 20. The van der Waals surface area contributed by atoms with Crippen LogP contribution in [0, 0.1) is 0 Å². The van der Waals surface area contributed by atoms with Gasteiger partial charge in [0.1, 0.15) is 22.3 Å². The van der Waals surface area contributed by atoms with Gasteiger partial charge in [0.2, 0.25) is 0 Å². The minimum atomic E-state index is -2.68. The Morgan fingerprint density at radius 2 is 0.365 bits per heavy atom. The minimum absolute atomic E-state index is 0.909. The van der Waals surface area contributed by atoms with Gasteiger partial charge in [0.05, 0.1) is 0 Å². The van der Waals surface area contributed by atoms with Crippen LogP contribution in [0.5, 0.6) is 0 Å². The molecule has 0 amide bonds. The zero-order chi connectivity index (χ0) is 84.0. The van der Waals surface area contributed by atoms with Crippen molar-refractivity contribution in [3.63, 3.8) is 0 Å². The average molecular weight is 1640 g/mol. The summed E-state index contributed by atoms with van der Waals surface area (Å²) in [7, 11) is -5.35. The topological polar surface area (TPSA) is 32.8 Å². The van der Waals surface area contributed by atoms with Gasteiger partial charge < -0.3 is 18.6 Å². The lowest BCUT2D eigenvalue weighted by Crippen LogP contribution is -2.74. The molecule has 0 unspecified atom stereocenters. The Balaban J connectivity index is 0.000000154. The van der Waals surface area contributed by atoms with Crippen LogP contribution in [0.25, 0.3) is 111 Å². The van der Waals surface area contributed by atoms with E-state index < -0.39 is 16.1 Å². The Morgan fingerprint density at radius 3 is 0.698 bits per heavy atom. The highest BCUT2D eigenvalue weighted by Crippen LogP contribution is 2.42. The molecule has 0 saturated heterocycles. The number of hydrogen-bond donors (Lipinski definition) is 0. The quantitative estimate of drug-likeness (QED) is 0.0562. The van der Waals surface area contributed by atoms with Crippen LogP contribution in [0.3, 0.4) is 0 Å².